The SMILES string of the molecule is CCC1CCC(NC(=O)N2CSCC2C(=O)O)C1C. The van der Waals surface area contributed by atoms with Gasteiger partial charge in [-0.15, -0.1) is 11.8 Å². The van der Waals surface area contributed by atoms with Crippen LogP contribution in [0.3, 0.4) is 0 Å². The van der Waals surface area contributed by atoms with Gasteiger partial charge in [-0.05, 0) is 24.7 Å². The molecular formula is C13H22N2O3S. The van der Waals surface area contributed by atoms with E-state index in [4.69, 9.17) is 5.11 Å². The molecule has 6 heteroatoms. The van der Waals surface area contributed by atoms with Crippen LogP contribution in [-0.2, 0) is 4.79 Å². The van der Waals surface area contributed by atoms with Gasteiger partial charge in [0, 0.05) is 11.8 Å². The third kappa shape index (κ3) is 2.99. The van der Waals surface area contributed by atoms with E-state index < -0.39 is 12.0 Å². The Bertz CT molecular complexity index is 364. The van der Waals surface area contributed by atoms with Crippen LogP contribution >= 0.6 is 11.8 Å². The van der Waals surface area contributed by atoms with E-state index in [0.29, 0.717) is 23.5 Å². The predicted molar refractivity (Wildman–Crippen MR) is 75.1 cm³/mol. The Morgan fingerprint density at radius 3 is 2.74 bits per heavy atom. The lowest BCUT2D eigenvalue weighted by atomic mass is 9.93. The quantitative estimate of drug-likeness (QED) is 0.832. The van der Waals surface area contributed by atoms with Gasteiger partial charge in [0.25, 0.3) is 0 Å². The Morgan fingerprint density at radius 1 is 1.42 bits per heavy atom. The van der Waals surface area contributed by atoms with Crippen molar-refractivity contribution in [1.82, 2.24) is 10.2 Å². The minimum absolute atomic E-state index is 0.192. The third-order valence-corrected chi connectivity index (χ3v) is 5.50. The molecule has 2 amide bonds. The van der Waals surface area contributed by atoms with E-state index >= 15 is 0 Å². The van der Waals surface area contributed by atoms with E-state index in [-0.39, 0.29) is 12.1 Å². The summed E-state index contributed by atoms with van der Waals surface area (Å²) in [6.45, 7) is 4.36. The number of hydrogen-bond acceptors (Lipinski definition) is 3. The summed E-state index contributed by atoms with van der Waals surface area (Å²) in [7, 11) is 0. The molecule has 2 fully saturated rings. The highest BCUT2D eigenvalue weighted by Crippen LogP contribution is 2.34. The maximum atomic E-state index is 12.2. The predicted octanol–water partition coefficient (Wildman–Crippen LogP) is 1.98. The monoisotopic (exact) mass is 286 g/mol. The highest BCUT2D eigenvalue weighted by atomic mass is 32.2. The molecule has 1 saturated heterocycles. The second-order valence-corrected chi connectivity index (χ2v) is 6.48. The minimum atomic E-state index is -0.911. The largest absolute Gasteiger partial charge is 0.480 e. The average Bonchev–Trinajstić information content (AvgIpc) is 2.97. The van der Waals surface area contributed by atoms with Gasteiger partial charge >= 0.3 is 12.0 Å². The number of rotatable bonds is 3. The molecule has 0 aromatic rings. The zero-order valence-corrected chi connectivity index (χ0v) is 12.3. The summed E-state index contributed by atoms with van der Waals surface area (Å²) >= 11 is 1.49. The first-order valence-corrected chi connectivity index (χ1v) is 8.07. The van der Waals surface area contributed by atoms with Gasteiger partial charge in [0.05, 0.1) is 5.88 Å². The van der Waals surface area contributed by atoms with Gasteiger partial charge < -0.3 is 15.3 Å². The summed E-state index contributed by atoms with van der Waals surface area (Å²) in [4.78, 5) is 24.7. The van der Waals surface area contributed by atoms with Crippen LogP contribution in [0.15, 0.2) is 0 Å². The number of hydrogen-bond donors (Lipinski definition) is 2. The number of nitrogens with zero attached hydrogens (tertiary/aromatic N) is 1. The fourth-order valence-corrected chi connectivity index (χ4v) is 4.26. The normalized spacial score (nSPS) is 34.5. The zero-order chi connectivity index (χ0) is 14.0. The summed E-state index contributed by atoms with van der Waals surface area (Å²) in [5.41, 5.74) is 0. The molecule has 2 rings (SSSR count). The molecule has 5 nitrogen and oxygen atoms in total. The number of carboxylic acid groups (broad SMARTS) is 1. The highest BCUT2D eigenvalue weighted by molar-refractivity contribution is 7.99. The van der Waals surface area contributed by atoms with Crippen molar-refractivity contribution in [3.05, 3.63) is 0 Å². The molecule has 4 unspecified atom stereocenters. The van der Waals surface area contributed by atoms with Crippen LogP contribution < -0.4 is 5.32 Å². The second kappa shape index (κ2) is 6.03. The van der Waals surface area contributed by atoms with E-state index in [1.807, 2.05) is 0 Å². The zero-order valence-electron chi connectivity index (χ0n) is 11.5. The summed E-state index contributed by atoms with van der Waals surface area (Å²) in [5, 5.41) is 12.1. The van der Waals surface area contributed by atoms with Crippen molar-refractivity contribution < 1.29 is 14.7 Å². The van der Waals surface area contributed by atoms with Gasteiger partial charge in [0.15, 0.2) is 0 Å². The topological polar surface area (TPSA) is 69.6 Å². The van der Waals surface area contributed by atoms with Gasteiger partial charge in [-0.25, -0.2) is 9.59 Å². The Balaban J connectivity index is 1.92. The lowest BCUT2D eigenvalue weighted by Gasteiger charge is -2.26. The Hall–Kier alpha value is -0.910. The smallest absolute Gasteiger partial charge is 0.327 e. The van der Waals surface area contributed by atoms with Gasteiger partial charge in [0.2, 0.25) is 0 Å². The van der Waals surface area contributed by atoms with Crippen molar-refractivity contribution in [2.75, 3.05) is 11.6 Å². The maximum Gasteiger partial charge on any atom is 0.327 e. The number of urea groups is 1. The van der Waals surface area contributed by atoms with E-state index in [0.717, 1.165) is 19.3 Å². The third-order valence-electron chi connectivity index (χ3n) is 4.49. The van der Waals surface area contributed by atoms with Crippen molar-refractivity contribution in [2.45, 2.75) is 45.2 Å². The molecule has 0 bridgehead atoms. The number of nitrogens with one attached hydrogen (secondary N) is 1. The van der Waals surface area contributed by atoms with Crippen molar-refractivity contribution in [1.29, 1.82) is 0 Å². The molecule has 0 spiro atoms. The lowest BCUT2D eigenvalue weighted by Crippen LogP contribution is -2.50. The molecule has 0 radical (unpaired) electrons. The van der Waals surface area contributed by atoms with Crippen LogP contribution in [0.5, 0.6) is 0 Å². The van der Waals surface area contributed by atoms with Gasteiger partial charge in [-0.2, -0.15) is 0 Å². The number of carbonyl (C=O) groups excluding carboxylic acids is 1. The van der Waals surface area contributed by atoms with Gasteiger partial charge in [0.1, 0.15) is 6.04 Å². The highest BCUT2D eigenvalue weighted by Gasteiger charge is 2.38. The van der Waals surface area contributed by atoms with E-state index in [9.17, 15) is 9.59 Å². The maximum absolute atomic E-state index is 12.2. The first-order valence-electron chi connectivity index (χ1n) is 6.92. The van der Waals surface area contributed by atoms with Crippen molar-refractivity contribution in [3.63, 3.8) is 0 Å². The lowest BCUT2D eigenvalue weighted by molar-refractivity contribution is -0.140. The number of carboxylic acids is 1. The number of carbonyl (C=O) groups is 2. The molecule has 2 aliphatic rings. The van der Waals surface area contributed by atoms with Crippen LogP contribution in [0.1, 0.15) is 33.1 Å². The minimum Gasteiger partial charge on any atom is -0.480 e. The molecule has 2 N–H and O–H groups in total. The van der Waals surface area contributed by atoms with E-state index in [1.54, 1.807) is 0 Å². The van der Waals surface area contributed by atoms with Crippen molar-refractivity contribution in [3.8, 4) is 0 Å². The second-order valence-electron chi connectivity index (χ2n) is 5.48. The molecule has 108 valence electrons. The number of aliphatic carboxylic acids is 1. The molecule has 1 aliphatic heterocycles. The number of amides is 2. The molecule has 1 heterocycles. The molecule has 1 saturated carbocycles. The van der Waals surface area contributed by atoms with Gasteiger partial charge in [-0.1, -0.05) is 20.3 Å². The van der Waals surface area contributed by atoms with Crippen LogP contribution in [0.4, 0.5) is 4.79 Å². The van der Waals surface area contributed by atoms with Crippen molar-refractivity contribution in [2.24, 2.45) is 11.8 Å². The first-order chi connectivity index (χ1) is 9.04. The Morgan fingerprint density at radius 2 is 2.16 bits per heavy atom. The fraction of sp³-hybridized carbons (Fsp3) is 0.846. The average molecular weight is 286 g/mol. The molecule has 19 heavy (non-hydrogen) atoms. The standard InChI is InChI=1S/C13H22N2O3S/c1-3-9-4-5-10(8(9)2)14-13(18)15-7-19-6-11(15)12(16)17/h8-11H,3-7H2,1-2H3,(H,14,18)(H,16,17). The van der Waals surface area contributed by atoms with Gasteiger partial charge in [-0.3, -0.25) is 0 Å². The Labute approximate surface area is 118 Å². The molecule has 0 aromatic heterocycles. The summed E-state index contributed by atoms with van der Waals surface area (Å²) in [5.74, 6) is 1.20. The van der Waals surface area contributed by atoms with E-state index in [2.05, 4.69) is 19.2 Å². The van der Waals surface area contributed by atoms with Crippen LogP contribution in [-0.4, -0.2) is 45.7 Å². The van der Waals surface area contributed by atoms with Crippen LogP contribution in [0, 0.1) is 11.8 Å². The Kier molecular flexibility index (Phi) is 4.60. The first kappa shape index (κ1) is 14.5. The van der Waals surface area contributed by atoms with E-state index in [1.165, 1.54) is 16.7 Å². The fourth-order valence-electron chi connectivity index (χ4n) is 3.12. The summed E-state index contributed by atoms with van der Waals surface area (Å²) in [6.07, 6.45) is 3.30. The summed E-state index contributed by atoms with van der Waals surface area (Å²) < 4.78 is 0. The molecule has 1 aliphatic carbocycles. The molecule has 0 aromatic carbocycles. The summed E-state index contributed by atoms with van der Waals surface area (Å²) in [6, 6.07) is -0.702. The van der Waals surface area contributed by atoms with Crippen LogP contribution in [0.25, 0.3) is 0 Å². The molecule has 4 atom stereocenters. The van der Waals surface area contributed by atoms with Crippen molar-refractivity contribution >= 4 is 23.8 Å². The molecular weight excluding hydrogens is 264 g/mol. The van der Waals surface area contributed by atoms with Crippen LogP contribution in [0.2, 0.25) is 0 Å². The number of thioether (sulfide) groups is 1.